The van der Waals surface area contributed by atoms with Gasteiger partial charge in [0.25, 0.3) is 0 Å². The van der Waals surface area contributed by atoms with Crippen molar-refractivity contribution in [1.29, 1.82) is 0 Å². The molecule has 230 valence electrons. The summed E-state index contributed by atoms with van der Waals surface area (Å²) in [6, 6.07) is 4.55. The van der Waals surface area contributed by atoms with Crippen LogP contribution in [0, 0.1) is 5.92 Å². The molecule has 2 fully saturated rings. The molecule has 0 bridgehead atoms. The Hall–Kier alpha value is -3.24. The van der Waals surface area contributed by atoms with E-state index in [0.29, 0.717) is 44.5 Å². The molecule has 1 aromatic rings. The molecule has 1 heterocycles. The van der Waals surface area contributed by atoms with Crippen LogP contribution in [-0.2, 0) is 30.3 Å². The first-order valence-corrected chi connectivity index (χ1v) is 15.0. The third-order valence-corrected chi connectivity index (χ3v) is 8.75. The van der Waals surface area contributed by atoms with Gasteiger partial charge >= 0.3 is 0 Å². The summed E-state index contributed by atoms with van der Waals surface area (Å²) >= 11 is 0. The molecule has 0 radical (unpaired) electrons. The molecule has 0 spiro atoms. The molecule has 1 aliphatic heterocycles. The largest absolute Gasteiger partial charge is 0.497 e. The number of hydrogen-bond donors (Lipinski definition) is 4. The lowest BCUT2D eigenvalue weighted by Gasteiger charge is -2.32. The molecule has 42 heavy (non-hydrogen) atoms. The van der Waals surface area contributed by atoms with E-state index >= 15 is 0 Å². The molecule has 4 N–H and O–H groups in total. The van der Waals surface area contributed by atoms with Crippen LogP contribution in [0.1, 0.15) is 77.7 Å². The highest BCUT2D eigenvalue weighted by atomic mass is 16.6. The fraction of sp³-hybridized carbons (Fsp3) is 0.625. The number of Topliss-reactive ketones (excluding diaryl/α,β-unsaturated/α-hetero) is 1. The number of ether oxygens (including phenoxy) is 2. The summed E-state index contributed by atoms with van der Waals surface area (Å²) in [7, 11) is 1.57. The Balaban J connectivity index is 1.45. The van der Waals surface area contributed by atoms with Gasteiger partial charge in [0.15, 0.2) is 5.78 Å². The molecule has 1 aromatic carbocycles. The predicted octanol–water partition coefficient (Wildman–Crippen LogP) is 2.51. The maximum absolute atomic E-state index is 13.7. The van der Waals surface area contributed by atoms with E-state index in [1.54, 1.807) is 40.0 Å². The zero-order valence-corrected chi connectivity index (χ0v) is 25.2. The van der Waals surface area contributed by atoms with E-state index < -0.39 is 41.1 Å². The lowest BCUT2D eigenvalue weighted by molar-refractivity contribution is -0.135. The molecule has 3 amide bonds. The number of hydrogen-bond acceptors (Lipinski definition) is 7. The van der Waals surface area contributed by atoms with Gasteiger partial charge in [0.05, 0.1) is 25.4 Å². The summed E-state index contributed by atoms with van der Waals surface area (Å²) in [5.74, 6) is -1.01. The topological polar surface area (TPSA) is 146 Å². The Bertz CT molecular complexity index is 1180. The van der Waals surface area contributed by atoms with Gasteiger partial charge in [-0.25, -0.2) is 0 Å². The molecule has 10 heteroatoms. The van der Waals surface area contributed by atoms with Crippen molar-refractivity contribution in [3.8, 4) is 5.75 Å². The molecule has 0 aromatic heterocycles. The molecule has 4 atom stereocenters. The first-order valence-electron chi connectivity index (χ1n) is 15.0. The molecule has 2 aliphatic carbocycles. The zero-order chi connectivity index (χ0) is 30.5. The van der Waals surface area contributed by atoms with Gasteiger partial charge in [0.2, 0.25) is 17.7 Å². The molecule has 1 saturated carbocycles. The van der Waals surface area contributed by atoms with Gasteiger partial charge in [0, 0.05) is 12.3 Å². The van der Waals surface area contributed by atoms with Crippen LogP contribution in [0.4, 0.5) is 0 Å². The highest BCUT2D eigenvalue weighted by Crippen LogP contribution is 2.32. The Morgan fingerprint density at radius 1 is 1.00 bits per heavy atom. The van der Waals surface area contributed by atoms with Gasteiger partial charge in [0.1, 0.15) is 23.4 Å². The van der Waals surface area contributed by atoms with Gasteiger partial charge in [-0.1, -0.05) is 23.8 Å². The standard InChI is InChI=1S/C32H45N3O7/c1-20(33-29(38)23-13-15-31(2,40)16-14-23)28(37)35-26(18-22-9-11-24(41-4)12-10-22)30(39)34-25(17-21-7-5-6-8-21)27(36)32(3)19-42-32/h7,9-12,20,23,25-26,40H,5-6,8,13-19H2,1-4H3,(H,33,38)(H,34,39)(H,35,37)/t20-,23?,25+,26+,31?,32+/m1/s1. The van der Waals surface area contributed by atoms with E-state index in [-0.39, 0.29) is 24.0 Å². The number of methoxy groups -OCH3 is 1. The van der Waals surface area contributed by atoms with Gasteiger partial charge in [-0.05, 0) is 89.8 Å². The number of amides is 3. The molecule has 10 nitrogen and oxygen atoms in total. The highest BCUT2D eigenvalue weighted by molar-refractivity contribution is 5.98. The maximum atomic E-state index is 13.7. The van der Waals surface area contributed by atoms with Crippen molar-refractivity contribution in [3.05, 3.63) is 41.5 Å². The molecular weight excluding hydrogens is 538 g/mol. The fourth-order valence-electron chi connectivity index (χ4n) is 5.69. The quantitative estimate of drug-likeness (QED) is 0.206. The van der Waals surface area contributed by atoms with E-state index in [2.05, 4.69) is 22.0 Å². The highest BCUT2D eigenvalue weighted by Gasteiger charge is 2.50. The van der Waals surface area contributed by atoms with E-state index in [4.69, 9.17) is 9.47 Å². The maximum Gasteiger partial charge on any atom is 0.243 e. The van der Waals surface area contributed by atoms with Crippen LogP contribution in [0.2, 0.25) is 0 Å². The second-order valence-electron chi connectivity index (χ2n) is 12.5. The van der Waals surface area contributed by atoms with Gasteiger partial charge < -0.3 is 30.5 Å². The van der Waals surface area contributed by atoms with Gasteiger partial charge in [-0.15, -0.1) is 0 Å². The lowest BCUT2D eigenvalue weighted by Crippen LogP contribution is -2.57. The second-order valence-corrected chi connectivity index (χ2v) is 12.5. The van der Waals surface area contributed by atoms with E-state index in [1.807, 2.05) is 12.1 Å². The van der Waals surface area contributed by atoms with Gasteiger partial charge in [-0.2, -0.15) is 0 Å². The molecule has 0 unspecified atom stereocenters. The number of carbonyl (C=O) groups is 4. The summed E-state index contributed by atoms with van der Waals surface area (Å²) in [6.45, 7) is 5.40. The summed E-state index contributed by atoms with van der Waals surface area (Å²) in [5, 5.41) is 18.7. The van der Waals surface area contributed by atoms with Crippen molar-refractivity contribution in [1.82, 2.24) is 16.0 Å². The summed E-state index contributed by atoms with van der Waals surface area (Å²) in [6.07, 6.45) is 7.72. The Kier molecular flexibility index (Phi) is 10.1. The number of allylic oxidation sites excluding steroid dienone is 1. The van der Waals surface area contributed by atoms with Crippen LogP contribution in [0.25, 0.3) is 0 Å². The summed E-state index contributed by atoms with van der Waals surface area (Å²) < 4.78 is 10.6. The first-order chi connectivity index (χ1) is 19.9. The monoisotopic (exact) mass is 583 g/mol. The number of epoxide rings is 1. The Labute approximate surface area is 248 Å². The second kappa shape index (κ2) is 13.4. The summed E-state index contributed by atoms with van der Waals surface area (Å²) in [4.78, 5) is 53.2. The van der Waals surface area contributed by atoms with Crippen LogP contribution in [0.5, 0.6) is 5.75 Å². The van der Waals surface area contributed by atoms with Crippen molar-refractivity contribution in [2.75, 3.05) is 13.7 Å². The van der Waals surface area contributed by atoms with Gasteiger partial charge in [-0.3, -0.25) is 19.2 Å². The van der Waals surface area contributed by atoms with Crippen LogP contribution < -0.4 is 20.7 Å². The molecular formula is C32H45N3O7. The van der Waals surface area contributed by atoms with Crippen molar-refractivity contribution in [3.63, 3.8) is 0 Å². The lowest BCUT2D eigenvalue weighted by atomic mass is 9.79. The fourth-order valence-corrected chi connectivity index (χ4v) is 5.69. The Morgan fingerprint density at radius 2 is 1.64 bits per heavy atom. The van der Waals surface area contributed by atoms with E-state index in [1.165, 1.54) is 0 Å². The number of ketones is 1. The third kappa shape index (κ3) is 8.41. The average Bonchev–Trinajstić information content (AvgIpc) is 3.50. The van der Waals surface area contributed by atoms with Crippen LogP contribution in [0.15, 0.2) is 35.9 Å². The third-order valence-electron chi connectivity index (χ3n) is 8.75. The van der Waals surface area contributed by atoms with Crippen molar-refractivity contribution < 1.29 is 33.8 Å². The minimum Gasteiger partial charge on any atom is -0.497 e. The number of aliphatic hydroxyl groups is 1. The normalized spacial score (nSPS) is 27.2. The smallest absolute Gasteiger partial charge is 0.243 e. The number of benzene rings is 1. The summed E-state index contributed by atoms with van der Waals surface area (Å²) in [5.41, 5.74) is 0.255. The Morgan fingerprint density at radius 3 is 2.21 bits per heavy atom. The average molecular weight is 584 g/mol. The first kappa shape index (κ1) is 31.7. The van der Waals surface area contributed by atoms with Crippen LogP contribution in [-0.4, -0.2) is 71.7 Å². The van der Waals surface area contributed by atoms with E-state index in [0.717, 1.165) is 30.4 Å². The molecule has 1 saturated heterocycles. The number of carbonyl (C=O) groups excluding carboxylic acids is 4. The molecule has 3 aliphatic rings. The number of rotatable bonds is 13. The SMILES string of the molecule is COc1ccc(C[C@H](NC(=O)[C@@H](C)NC(=O)C2CCC(C)(O)CC2)C(=O)N[C@@H](CC2=CCCC2)C(=O)[C@]2(C)CO2)cc1. The van der Waals surface area contributed by atoms with E-state index in [9.17, 15) is 24.3 Å². The van der Waals surface area contributed by atoms with Crippen LogP contribution >= 0.6 is 0 Å². The number of nitrogens with one attached hydrogen (secondary N) is 3. The zero-order valence-electron chi connectivity index (χ0n) is 25.2. The van der Waals surface area contributed by atoms with Crippen molar-refractivity contribution in [2.24, 2.45) is 5.92 Å². The molecule has 4 rings (SSSR count). The van der Waals surface area contributed by atoms with Crippen molar-refractivity contribution in [2.45, 2.75) is 108 Å². The minimum absolute atomic E-state index is 0.176. The minimum atomic E-state index is -0.990. The van der Waals surface area contributed by atoms with Crippen LogP contribution in [0.3, 0.4) is 0 Å². The van der Waals surface area contributed by atoms with Crippen molar-refractivity contribution >= 4 is 23.5 Å². The predicted molar refractivity (Wildman–Crippen MR) is 157 cm³/mol.